The number of pyridine rings is 1. The van der Waals surface area contributed by atoms with Crippen molar-refractivity contribution in [2.24, 2.45) is 5.92 Å². The predicted octanol–water partition coefficient (Wildman–Crippen LogP) is 2.10. The summed E-state index contributed by atoms with van der Waals surface area (Å²) in [4.78, 5) is 9.48. The van der Waals surface area contributed by atoms with Crippen molar-refractivity contribution in [3.63, 3.8) is 0 Å². The number of hydrogen-bond donors (Lipinski definition) is 0. The number of anilines is 1. The van der Waals surface area contributed by atoms with Gasteiger partial charge >= 0.3 is 0 Å². The molecule has 0 aromatic carbocycles. The van der Waals surface area contributed by atoms with E-state index in [2.05, 4.69) is 33.5 Å². The molecule has 1 aromatic heterocycles. The zero-order chi connectivity index (χ0) is 14.7. The lowest BCUT2D eigenvalue weighted by Gasteiger charge is -2.38. The fourth-order valence-electron chi connectivity index (χ4n) is 3.38. The van der Waals surface area contributed by atoms with Gasteiger partial charge in [0.05, 0.1) is 12.7 Å². The molecule has 21 heavy (non-hydrogen) atoms. The summed E-state index contributed by atoms with van der Waals surface area (Å²) in [6, 6.07) is 6.24. The van der Waals surface area contributed by atoms with Gasteiger partial charge in [-0.1, -0.05) is 12.1 Å². The molecule has 0 aliphatic carbocycles. The third-order valence-electron chi connectivity index (χ3n) is 4.51. The number of nitrogens with zero attached hydrogens (tertiary/aromatic N) is 3. The maximum absolute atomic E-state index is 6.12. The summed E-state index contributed by atoms with van der Waals surface area (Å²) in [6.45, 7) is 11.9. The normalized spacial score (nSPS) is 27.0. The molecule has 0 bridgehead atoms. The van der Waals surface area contributed by atoms with Crippen molar-refractivity contribution < 1.29 is 4.74 Å². The first kappa shape index (κ1) is 14.5. The molecule has 0 spiro atoms. The topological polar surface area (TPSA) is 28.6 Å². The van der Waals surface area contributed by atoms with E-state index in [9.17, 15) is 0 Å². The molecule has 114 valence electrons. The van der Waals surface area contributed by atoms with Gasteiger partial charge in [-0.2, -0.15) is 0 Å². The molecule has 2 atom stereocenters. The van der Waals surface area contributed by atoms with E-state index < -0.39 is 0 Å². The van der Waals surface area contributed by atoms with Crippen LogP contribution in [0.3, 0.4) is 0 Å². The van der Waals surface area contributed by atoms with Crippen molar-refractivity contribution in [3.05, 3.63) is 36.5 Å². The van der Waals surface area contributed by atoms with Gasteiger partial charge in [0.1, 0.15) is 5.82 Å². The van der Waals surface area contributed by atoms with Crippen molar-refractivity contribution >= 4 is 5.82 Å². The van der Waals surface area contributed by atoms with Crippen molar-refractivity contribution in [1.82, 2.24) is 9.88 Å². The highest BCUT2D eigenvalue weighted by molar-refractivity contribution is 5.40. The van der Waals surface area contributed by atoms with E-state index >= 15 is 0 Å². The first-order valence-corrected chi connectivity index (χ1v) is 7.89. The Balaban J connectivity index is 1.67. The lowest BCUT2D eigenvalue weighted by molar-refractivity contribution is 0.0251. The summed E-state index contributed by atoms with van der Waals surface area (Å²) in [5.41, 5.74) is 1.08. The molecule has 0 radical (unpaired) electrons. The average Bonchev–Trinajstić information content (AvgIpc) is 2.68. The second kappa shape index (κ2) is 6.58. The second-order valence-electron chi connectivity index (χ2n) is 6.09. The highest BCUT2D eigenvalue weighted by atomic mass is 16.5. The maximum Gasteiger partial charge on any atom is 0.128 e. The predicted molar refractivity (Wildman–Crippen MR) is 85.7 cm³/mol. The van der Waals surface area contributed by atoms with Crippen LogP contribution in [0.4, 0.5) is 5.82 Å². The minimum Gasteiger partial charge on any atom is -0.375 e. The van der Waals surface area contributed by atoms with Crippen LogP contribution in [-0.2, 0) is 4.74 Å². The van der Waals surface area contributed by atoms with Gasteiger partial charge in [-0.25, -0.2) is 4.98 Å². The summed E-state index contributed by atoms with van der Waals surface area (Å²) in [6.07, 6.45) is 3.50. The summed E-state index contributed by atoms with van der Waals surface area (Å²) < 4.78 is 6.12. The average molecular weight is 287 g/mol. The Hall–Kier alpha value is -1.39. The van der Waals surface area contributed by atoms with E-state index in [1.165, 1.54) is 6.42 Å². The van der Waals surface area contributed by atoms with Gasteiger partial charge in [0, 0.05) is 44.3 Å². The highest BCUT2D eigenvalue weighted by Gasteiger charge is 2.33. The van der Waals surface area contributed by atoms with Gasteiger partial charge in [-0.15, -0.1) is 6.58 Å². The molecule has 0 unspecified atom stereocenters. The number of aromatic nitrogens is 1. The van der Waals surface area contributed by atoms with E-state index in [1.54, 1.807) is 0 Å². The van der Waals surface area contributed by atoms with E-state index in [0.717, 1.165) is 50.8 Å². The highest BCUT2D eigenvalue weighted by Crippen LogP contribution is 2.26. The van der Waals surface area contributed by atoms with E-state index in [0.29, 0.717) is 12.0 Å². The van der Waals surface area contributed by atoms with Crippen molar-refractivity contribution in [2.45, 2.75) is 19.4 Å². The quantitative estimate of drug-likeness (QED) is 0.796. The largest absolute Gasteiger partial charge is 0.375 e. The van der Waals surface area contributed by atoms with Crippen LogP contribution in [0.15, 0.2) is 30.9 Å². The number of rotatable bonds is 3. The van der Waals surface area contributed by atoms with Gasteiger partial charge in [-0.05, 0) is 25.5 Å². The Labute approximate surface area is 127 Å². The van der Waals surface area contributed by atoms with Crippen LogP contribution in [0, 0.1) is 12.8 Å². The summed E-state index contributed by atoms with van der Waals surface area (Å²) in [7, 11) is 0. The molecular formula is C17H25N3O. The van der Waals surface area contributed by atoms with Crippen LogP contribution in [0.5, 0.6) is 0 Å². The molecule has 4 heteroatoms. The first-order chi connectivity index (χ1) is 10.3. The molecule has 3 heterocycles. The molecule has 2 fully saturated rings. The molecule has 0 amide bonds. The van der Waals surface area contributed by atoms with Gasteiger partial charge in [0.15, 0.2) is 0 Å². The van der Waals surface area contributed by atoms with Crippen LogP contribution >= 0.6 is 0 Å². The maximum atomic E-state index is 6.12. The Morgan fingerprint density at radius 1 is 1.38 bits per heavy atom. The smallest absolute Gasteiger partial charge is 0.128 e. The van der Waals surface area contributed by atoms with Crippen LogP contribution in [0.2, 0.25) is 0 Å². The molecule has 2 aliphatic rings. The van der Waals surface area contributed by atoms with E-state index in [1.807, 2.05) is 19.1 Å². The number of ether oxygens (including phenoxy) is 1. The molecule has 0 N–H and O–H groups in total. The number of aryl methyl sites for hydroxylation is 1. The molecule has 1 aromatic rings. The zero-order valence-corrected chi connectivity index (χ0v) is 12.9. The monoisotopic (exact) mass is 287 g/mol. The van der Waals surface area contributed by atoms with E-state index in [4.69, 9.17) is 4.74 Å². The number of fused-ring (bicyclic) bond motifs is 1. The summed E-state index contributed by atoms with van der Waals surface area (Å²) >= 11 is 0. The minimum atomic E-state index is 0.330. The summed E-state index contributed by atoms with van der Waals surface area (Å²) in [5.74, 6) is 1.72. The molecule has 2 aliphatic heterocycles. The molecule has 2 saturated heterocycles. The van der Waals surface area contributed by atoms with Gasteiger partial charge in [0.2, 0.25) is 0 Å². The van der Waals surface area contributed by atoms with Crippen molar-refractivity contribution in [3.8, 4) is 0 Å². The van der Waals surface area contributed by atoms with Crippen LogP contribution < -0.4 is 4.90 Å². The van der Waals surface area contributed by atoms with E-state index in [-0.39, 0.29) is 0 Å². The van der Waals surface area contributed by atoms with Crippen LogP contribution in [0.1, 0.15) is 12.1 Å². The van der Waals surface area contributed by atoms with Gasteiger partial charge in [-0.3, -0.25) is 4.90 Å². The SMILES string of the molecule is C=CCN1CCO[C@@H]2CN(c3cccc(C)n3)CC[C@@H]2C1. The Kier molecular flexibility index (Phi) is 4.56. The number of piperidine rings is 1. The fourth-order valence-corrected chi connectivity index (χ4v) is 3.38. The Bertz CT molecular complexity index is 491. The molecule has 3 rings (SSSR count). The molecule has 0 saturated carbocycles. The Morgan fingerprint density at radius 3 is 3.10 bits per heavy atom. The lowest BCUT2D eigenvalue weighted by atomic mass is 9.93. The second-order valence-corrected chi connectivity index (χ2v) is 6.09. The zero-order valence-electron chi connectivity index (χ0n) is 12.9. The lowest BCUT2D eigenvalue weighted by Crippen LogP contribution is -2.47. The fraction of sp³-hybridized carbons (Fsp3) is 0.588. The molecular weight excluding hydrogens is 262 g/mol. The Morgan fingerprint density at radius 2 is 2.29 bits per heavy atom. The number of hydrogen-bond acceptors (Lipinski definition) is 4. The third kappa shape index (κ3) is 3.44. The third-order valence-corrected chi connectivity index (χ3v) is 4.51. The summed E-state index contributed by atoms with van der Waals surface area (Å²) in [5, 5.41) is 0. The molecule has 4 nitrogen and oxygen atoms in total. The van der Waals surface area contributed by atoms with Crippen molar-refractivity contribution in [1.29, 1.82) is 0 Å². The van der Waals surface area contributed by atoms with Crippen LogP contribution in [-0.4, -0.2) is 55.3 Å². The standard InChI is InChI=1S/C17H25N3O/c1-3-8-19-10-11-21-16-13-20(9-7-15(16)12-19)17-6-4-5-14(2)18-17/h3-6,15-16H,1,7-13H2,2H3/t15-,16-/m1/s1. The van der Waals surface area contributed by atoms with Gasteiger partial charge < -0.3 is 9.64 Å². The van der Waals surface area contributed by atoms with Crippen molar-refractivity contribution in [2.75, 3.05) is 44.2 Å². The van der Waals surface area contributed by atoms with Crippen LogP contribution in [0.25, 0.3) is 0 Å². The minimum absolute atomic E-state index is 0.330. The van der Waals surface area contributed by atoms with Gasteiger partial charge in [0.25, 0.3) is 0 Å². The first-order valence-electron chi connectivity index (χ1n) is 7.89.